The fraction of sp³-hybridized carbons (Fsp3) is 0.429. The molecule has 23 heavy (non-hydrogen) atoms. The molecule has 0 aliphatic rings. The molecule has 0 radical (unpaired) electrons. The number of rotatable bonds is 6. The first kappa shape index (κ1) is 17.2. The first-order valence-electron chi connectivity index (χ1n) is 7.08. The van der Waals surface area contributed by atoms with Crippen molar-refractivity contribution in [2.75, 3.05) is 7.05 Å². The number of hydrogen-bond donors (Lipinski definition) is 1. The molecule has 0 aromatic carbocycles. The van der Waals surface area contributed by atoms with Crippen molar-refractivity contribution in [2.24, 2.45) is 0 Å². The van der Waals surface area contributed by atoms with Crippen molar-refractivity contribution in [3.63, 3.8) is 0 Å². The van der Waals surface area contributed by atoms with E-state index in [2.05, 4.69) is 26.1 Å². The van der Waals surface area contributed by atoms with Gasteiger partial charge in [0.2, 0.25) is 0 Å². The highest BCUT2D eigenvalue weighted by atomic mass is 79.9. The number of carboxylic acid groups (broad SMARTS) is 1. The van der Waals surface area contributed by atoms with E-state index in [0.29, 0.717) is 6.54 Å². The summed E-state index contributed by atoms with van der Waals surface area (Å²) in [5.41, 5.74) is 0.952. The van der Waals surface area contributed by atoms with Crippen LogP contribution in [-0.4, -0.2) is 48.5 Å². The van der Waals surface area contributed by atoms with E-state index >= 15 is 0 Å². The van der Waals surface area contributed by atoms with Gasteiger partial charge in [0.25, 0.3) is 5.91 Å². The Kier molecular flexibility index (Phi) is 5.19. The molecule has 0 spiro atoms. The number of halogens is 1. The molecule has 124 valence electrons. The van der Waals surface area contributed by atoms with E-state index in [1.165, 1.54) is 28.8 Å². The van der Waals surface area contributed by atoms with Gasteiger partial charge < -0.3 is 10.0 Å². The molecule has 0 aliphatic carbocycles. The maximum absolute atomic E-state index is 12.4. The average molecular weight is 384 g/mol. The molecular formula is C14H18BrN5O3. The standard InChI is InChI=1S/C14H18BrN5O3/c1-4-19-7-10(15)12(16-19)8-18(3)13(21)11-5-6-20(17-11)9(2)14(22)23/h5-7,9H,4,8H2,1-3H3,(H,22,23). The van der Waals surface area contributed by atoms with Gasteiger partial charge in [-0.15, -0.1) is 0 Å². The quantitative estimate of drug-likeness (QED) is 0.820. The zero-order valence-corrected chi connectivity index (χ0v) is 14.7. The number of carboxylic acids is 1. The van der Waals surface area contributed by atoms with E-state index in [-0.39, 0.29) is 11.6 Å². The first-order valence-corrected chi connectivity index (χ1v) is 7.88. The lowest BCUT2D eigenvalue weighted by atomic mass is 10.3. The molecule has 0 saturated carbocycles. The minimum absolute atomic E-state index is 0.201. The Morgan fingerprint density at radius 3 is 2.70 bits per heavy atom. The van der Waals surface area contributed by atoms with Crippen LogP contribution in [0, 0.1) is 0 Å². The Bertz CT molecular complexity index is 724. The lowest BCUT2D eigenvalue weighted by Crippen LogP contribution is -2.27. The van der Waals surface area contributed by atoms with Crippen LogP contribution in [0.5, 0.6) is 0 Å². The minimum Gasteiger partial charge on any atom is -0.480 e. The number of carbonyl (C=O) groups excluding carboxylic acids is 1. The SMILES string of the molecule is CCn1cc(Br)c(CN(C)C(=O)c2ccn(C(C)C(=O)O)n2)n1. The summed E-state index contributed by atoms with van der Waals surface area (Å²) >= 11 is 3.42. The number of nitrogens with zero attached hydrogens (tertiary/aromatic N) is 5. The van der Waals surface area contributed by atoms with Crippen LogP contribution in [0.2, 0.25) is 0 Å². The van der Waals surface area contributed by atoms with Crippen LogP contribution in [0.25, 0.3) is 0 Å². The van der Waals surface area contributed by atoms with Crippen molar-refractivity contribution >= 4 is 27.8 Å². The van der Waals surface area contributed by atoms with Gasteiger partial charge in [0, 0.05) is 26.0 Å². The van der Waals surface area contributed by atoms with Gasteiger partial charge in [-0.3, -0.25) is 14.2 Å². The van der Waals surface area contributed by atoms with Gasteiger partial charge in [0.1, 0.15) is 11.7 Å². The van der Waals surface area contributed by atoms with E-state index in [0.717, 1.165) is 16.7 Å². The van der Waals surface area contributed by atoms with Gasteiger partial charge >= 0.3 is 5.97 Å². The van der Waals surface area contributed by atoms with Crippen LogP contribution in [0.3, 0.4) is 0 Å². The number of aryl methyl sites for hydroxylation is 1. The number of aromatic nitrogens is 4. The molecule has 0 bridgehead atoms. The van der Waals surface area contributed by atoms with Crippen LogP contribution < -0.4 is 0 Å². The second-order valence-corrected chi connectivity index (χ2v) is 5.99. The number of carbonyl (C=O) groups is 2. The van der Waals surface area contributed by atoms with Crippen LogP contribution in [0.1, 0.15) is 36.1 Å². The number of amides is 1. The largest absolute Gasteiger partial charge is 0.480 e. The molecule has 2 rings (SSSR count). The highest BCUT2D eigenvalue weighted by Crippen LogP contribution is 2.17. The Morgan fingerprint density at radius 1 is 1.43 bits per heavy atom. The molecule has 1 atom stereocenters. The van der Waals surface area contributed by atoms with Gasteiger partial charge in [-0.25, -0.2) is 4.79 Å². The molecule has 9 heteroatoms. The average Bonchev–Trinajstić information content (AvgIpc) is 3.13. The summed E-state index contributed by atoms with van der Waals surface area (Å²) in [5, 5.41) is 17.4. The van der Waals surface area contributed by atoms with E-state index in [9.17, 15) is 9.59 Å². The monoisotopic (exact) mass is 383 g/mol. The zero-order chi connectivity index (χ0) is 17.1. The molecule has 8 nitrogen and oxygen atoms in total. The first-order chi connectivity index (χ1) is 10.8. The van der Waals surface area contributed by atoms with Crippen LogP contribution in [0.15, 0.2) is 22.9 Å². The summed E-state index contributed by atoms with van der Waals surface area (Å²) in [6, 6.07) is 0.689. The van der Waals surface area contributed by atoms with Crippen molar-refractivity contribution in [2.45, 2.75) is 33.0 Å². The highest BCUT2D eigenvalue weighted by Gasteiger charge is 2.20. The lowest BCUT2D eigenvalue weighted by molar-refractivity contribution is -0.140. The fourth-order valence-electron chi connectivity index (χ4n) is 1.98. The van der Waals surface area contributed by atoms with E-state index in [1.54, 1.807) is 11.7 Å². The molecule has 2 aromatic rings. The minimum atomic E-state index is -1.01. The maximum Gasteiger partial charge on any atom is 0.328 e. The summed E-state index contributed by atoms with van der Waals surface area (Å²) in [5.74, 6) is -1.30. The van der Waals surface area contributed by atoms with Gasteiger partial charge in [0.15, 0.2) is 0 Å². The van der Waals surface area contributed by atoms with Crippen molar-refractivity contribution in [3.05, 3.63) is 34.3 Å². The van der Waals surface area contributed by atoms with Crippen molar-refractivity contribution in [1.29, 1.82) is 0 Å². The summed E-state index contributed by atoms with van der Waals surface area (Å²) in [6.45, 7) is 4.55. The predicted molar refractivity (Wildman–Crippen MR) is 86.0 cm³/mol. The third kappa shape index (κ3) is 3.79. The molecule has 2 aromatic heterocycles. The summed E-state index contributed by atoms with van der Waals surface area (Å²) < 4.78 is 3.87. The molecule has 1 N–H and O–H groups in total. The molecule has 2 heterocycles. The zero-order valence-electron chi connectivity index (χ0n) is 13.1. The maximum atomic E-state index is 12.4. The van der Waals surface area contributed by atoms with Gasteiger partial charge in [-0.1, -0.05) is 0 Å². The van der Waals surface area contributed by atoms with Crippen molar-refractivity contribution in [1.82, 2.24) is 24.5 Å². The van der Waals surface area contributed by atoms with E-state index < -0.39 is 12.0 Å². The molecule has 0 aliphatic heterocycles. The van der Waals surface area contributed by atoms with Crippen LogP contribution >= 0.6 is 15.9 Å². The lowest BCUT2D eigenvalue weighted by Gasteiger charge is -2.14. The van der Waals surface area contributed by atoms with Crippen LogP contribution in [-0.2, 0) is 17.9 Å². The summed E-state index contributed by atoms with van der Waals surface area (Å²) in [4.78, 5) is 24.8. The van der Waals surface area contributed by atoms with Crippen molar-refractivity contribution < 1.29 is 14.7 Å². The van der Waals surface area contributed by atoms with Gasteiger partial charge in [0.05, 0.1) is 16.7 Å². The molecular weight excluding hydrogens is 366 g/mol. The second-order valence-electron chi connectivity index (χ2n) is 5.14. The third-order valence-electron chi connectivity index (χ3n) is 3.43. The predicted octanol–water partition coefficient (Wildman–Crippen LogP) is 1.78. The van der Waals surface area contributed by atoms with Crippen molar-refractivity contribution in [3.8, 4) is 0 Å². The van der Waals surface area contributed by atoms with E-state index in [4.69, 9.17) is 5.11 Å². The fourth-order valence-corrected chi connectivity index (χ4v) is 2.42. The molecule has 0 saturated heterocycles. The summed E-state index contributed by atoms with van der Waals surface area (Å²) in [7, 11) is 1.65. The highest BCUT2D eigenvalue weighted by molar-refractivity contribution is 9.10. The molecule has 1 unspecified atom stereocenters. The smallest absolute Gasteiger partial charge is 0.328 e. The second kappa shape index (κ2) is 6.95. The van der Waals surface area contributed by atoms with Gasteiger partial charge in [-0.2, -0.15) is 10.2 Å². The van der Waals surface area contributed by atoms with Crippen LogP contribution in [0.4, 0.5) is 0 Å². The van der Waals surface area contributed by atoms with E-state index in [1.807, 2.05) is 13.1 Å². The number of aliphatic carboxylic acids is 1. The summed E-state index contributed by atoms with van der Waals surface area (Å²) in [6.07, 6.45) is 3.35. The van der Waals surface area contributed by atoms with Gasteiger partial charge in [-0.05, 0) is 35.8 Å². The Morgan fingerprint density at radius 2 is 2.13 bits per heavy atom. The Balaban J connectivity index is 2.10. The normalized spacial score (nSPS) is 12.2. The molecule has 0 fully saturated rings. The third-order valence-corrected chi connectivity index (χ3v) is 4.09. The topological polar surface area (TPSA) is 93.2 Å². The molecule has 1 amide bonds. The Labute approximate surface area is 141 Å². The Hall–Kier alpha value is -2.16. The number of hydrogen-bond acceptors (Lipinski definition) is 4.